The fourth-order valence-corrected chi connectivity index (χ4v) is 1.74. The normalized spacial score (nSPS) is 10.3. The molecule has 0 spiro atoms. The molecule has 0 fully saturated rings. The second-order valence-electron chi connectivity index (χ2n) is 3.93. The molecule has 1 aromatic carbocycles. The SMILES string of the molecule is Cc1cc(Cc2ccccc2[N+](=O)[O-])c(=O)[nH]n1. The van der Waals surface area contributed by atoms with Gasteiger partial charge in [-0.15, -0.1) is 0 Å². The van der Waals surface area contributed by atoms with Crippen LogP contribution in [0.5, 0.6) is 0 Å². The molecule has 0 atom stereocenters. The van der Waals surface area contributed by atoms with Crippen molar-refractivity contribution >= 4 is 5.69 Å². The molecule has 92 valence electrons. The molecule has 0 aliphatic carbocycles. The first-order valence-corrected chi connectivity index (χ1v) is 5.35. The van der Waals surface area contributed by atoms with Gasteiger partial charge in [-0.1, -0.05) is 18.2 Å². The molecule has 6 nitrogen and oxygen atoms in total. The van der Waals surface area contributed by atoms with E-state index >= 15 is 0 Å². The third-order valence-electron chi connectivity index (χ3n) is 2.58. The van der Waals surface area contributed by atoms with Crippen molar-refractivity contribution in [3.05, 3.63) is 67.6 Å². The highest BCUT2D eigenvalue weighted by molar-refractivity contribution is 5.42. The van der Waals surface area contributed by atoms with E-state index in [4.69, 9.17) is 0 Å². The summed E-state index contributed by atoms with van der Waals surface area (Å²) in [5.74, 6) is 0. The van der Waals surface area contributed by atoms with Gasteiger partial charge in [0.15, 0.2) is 0 Å². The molecule has 0 amide bonds. The van der Waals surface area contributed by atoms with Gasteiger partial charge in [-0.3, -0.25) is 14.9 Å². The summed E-state index contributed by atoms with van der Waals surface area (Å²) in [7, 11) is 0. The van der Waals surface area contributed by atoms with Crippen LogP contribution in [0.2, 0.25) is 0 Å². The highest BCUT2D eigenvalue weighted by atomic mass is 16.6. The molecule has 0 saturated carbocycles. The van der Waals surface area contributed by atoms with Crippen molar-refractivity contribution in [2.24, 2.45) is 0 Å². The number of hydrogen-bond acceptors (Lipinski definition) is 4. The summed E-state index contributed by atoms with van der Waals surface area (Å²) < 4.78 is 0. The average molecular weight is 245 g/mol. The van der Waals surface area contributed by atoms with Crippen molar-refractivity contribution in [2.75, 3.05) is 0 Å². The van der Waals surface area contributed by atoms with Crippen LogP contribution in [0.4, 0.5) is 5.69 Å². The Morgan fingerprint density at radius 3 is 2.78 bits per heavy atom. The van der Waals surface area contributed by atoms with Gasteiger partial charge in [-0.05, 0) is 13.0 Å². The summed E-state index contributed by atoms with van der Waals surface area (Å²) in [4.78, 5) is 22.0. The molecule has 1 N–H and O–H groups in total. The van der Waals surface area contributed by atoms with Crippen molar-refractivity contribution in [3.8, 4) is 0 Å². The molecular weight excluding hydrogens is 234 g/mol. The molecule has 0 bridgehead atoms. The van der Waals surface area contributed by atoms with E-state index in [1.54, 1.807) is 31.2 Å². The summed E-state index contributed by atoms with van der Waals surface area (Å²) in [6, 6.07) is 8.02. The summed E-state index contributed by atoms with van der Waals surface area (Å²) >= 11 is 0. The number of aromatic nitrogens is 2. The zero-order valence-corrected chi connectivity index (χ0v) is 9.71. The Kier molecular flexibility index (Phi) is 3.18. The standard InChI is InChI=1S/C12H11N3O3/c1-8-6-10(12(16)14-13-8)7-9-4-2-3-5-11(9)15(17)18/h2-6H,7H2,1H3,(H,14,16). The van der Waals surface area contributed by atoms with Crippen LogP contribution in [-0.2, 0) is 6.42 Å². The summed E-state index contributed by atoms with van der Waals surface area (Å²) in [5.41, 5.74) is 1.35. The number of aryl methyl sites for hydroxylation is 1. The van der Waals surface area contributed by atoms with Crippen LogP contribution in [0.1, 0.15) is 16.8 Å². The van der Waals surface area contributed by atoms with Gasteiger partial charge in [0.1, 0.15) is 0 Å². The summed E-state index contributed by atoms with van der Waals surface area (Å²) in [6.45, 7) is 1.75. The number of nitro benzene ring substituents is 1. The van der Waals surface area contributed by atoms with E-state index in [1.165, 1.54) is 6.07 Å². The van der Waals surface area contributed by atoms with Crippen molar-refractivity contribution in [1.29, 1.82) is 0 Å². The van der Waals surface area contributed by atoms with Crippen LogP contribution in [0.15, 0.2) is 35.1 Å². The highest BCUT2D eigenvalue weighted by Crippen LogP contribution is 2.19. The van der Waals surface area contributed by atoms with Crippen molar-refractivity contribution in [1.82, 2.24) is 10.2 Å². The first kappa shape index (κ1) is 12.0. The van der Waals surface area contributed by atoms with E-state index in [0.717, 1.165) is 0 Å². The Labute approximate surface area is 102 Å². The third kappa shape index (κ3) is 2.42. The summed E-state index contributed by atoms with van der Waals surface area (Å²) in [5, 5.41) is 17.0. The topological polar surface area (TPSA) is 88.9 Å². The molecule has 0 aliphatic heterocycles. The Hall–Kier alpha value is -2.50. The van der Waals surface area contributed by atoms with E-state index in [-0.39, 0.29) is 17.7 Å². The molecular formula is C12H11N3O3. The van der Waals surface area contributed by atoms with Crippen molar-refractivity contribution < 1.29 is 4.92 Å². The minimum absolute atomic E-state index is 0.0198. The first-order valence-electron chi connectivity index (χ1n) is 5.35. The predicted molar refractivity (Wildman–Crippen MR) is 65.5 cm³/mol. The number of nitrogens with zero attached hydrogens (tertiary/aromatic N) is 2. The second-order valence-corrected chi connectivity index (χ2v) is 3.93. The number of nitrogens with one attached hydrogen (secondary N) is 1. The molecule has 0 unspecified atom stereocenters. The zero-order valence-electron chi connectivity index (χ0n) is 9.71. The summed E-state index contributed by atoms with van der Waals surface area (Å²) in [6.07, 6.45) is 0.218. The largest absolute Gasteiger partial charge is 0.272 e. The number of H-pyrrole nitrogens is 1. The van der Waals surface area contributed by atoms with Crippen LogP contribution in [0.25, 0.3) is 0 Å². The van der Waals surface area contributed by atoms with E-state index in [9.17, 15) is 14.9 Å². The average Bonchev–Trinajstić information content (AvgIpc) is 2.34. The van der Waals surface area contributed by atoms with Gasteiger partial charge in [0.05, 0.1) is 10.6 Å². The number of nitro groups is 1. The molecule has 0 aliphatic rings. The number of hydrogen-bond donors (Lipinski definition) is 1. The van der Waals surface area contributed by atoms with Crippen molar-refractivity contribution in [2.45, 2.75) is 13.3 Å². The number of rotatable bonds is 3. The molecule has 0 radical (unpaired) electrons. The molecule has 1 heterocycles. The van der Waals surface area contributed by atoms with Crippen LogP contribution in [0.3, 0.4) is 0 Å². The van der Waals surface area contributed by atoms with Gasteiger partial charge >= 0.3 is 0 Å². The second kappa shape index (κ2) is 4.79. The van der Waals surface area contributed by atoms with Crippen LogP contribution in [-0.4, -0.2) is 15.1 Å². The fraction of sp³-hybridized carbons (Fsp3) is 0.167. The van der Waals surface area contributed by atoms with Crippen LogP contribution in [0, 0.1) is 17.0 Å². The lowest BCUT2D eigenvalue weighted by Gasteiger charge is -2.02. The molecule has 0 saturated heterocycles. The van der Waals surface area contributed by atoms with Crippen LogP contribution < -0.4 is 5.56 Å². The maximum absolute atomic E-state index is 11.6. The Morgan fingerprint density at radius 2 is 2.06 bits per heavy atom. The molecule has 18 heavy (non-hydrogen) atoms. The van der Waals surface area contributed by atoms with E-state index in [1.807, 2.05) is 0 Å². The molecule has 1 aromatic heterocycles. The molecule has 2 rings (SSSR count). The lowest BCUT2D eigenvalue weighted by molar-refractivity contribution is -0.385. The predicted octanol–water partition coefficient (Wildman–Crippen LogP) is 1.58. The number of para-hydroxylation sites is 1. The first-order chi connectivity index (χ1) is 8.58. The van der Waals surface area contributed by atoms with Gasteiger partial charge < -0.3 is 0 Å². The minimum atomic E-state index is -0.447. The van der Waals surface area contributed by atoms with E-state index in [0.29, 0.717) is 16.8 Å². The monoisotopic (exact) mass is 245 g/mol. The van der Waals surface area contributed by atoms with Gasteiger partial charge in [0.2, 0.25) is 0 Å². The quantitative estimate of drug-likeness (QED) is 0.656. The lowest BCUT2D eigenvalue weighted by Crippen LogP contribution is -2.15. The van der Waals surface area contributed by atoms with Crippen LogP contribution >= 0.6 is 0 Å². The smallest absolute Gasteiger partial charge is 0.268 e. The van der Waals surface area contributed by atoms with Gasteiger partial charge in [0.25, 0.3) is 11.2 Å². The van der Waals surface area contributed by atoms with E-state index in [2.05, 4.69) is 10.2 Å². The maximum atomic E-state index is 11.6. The number of benzene rings is 1. The van der Waals surface area contributed by atoms with Gasteiger partial charge in [-0.2, -0.15) is 5.10 Å². The minimum Gasteiger partial charge on any atom is -0.268 e. The van der Waals surface area contributed by atoms with Gasteiger partial charge in [-0.25, -0.2) is 5.10 Å². The Bertz CT molecular complexity index is 649. The number of aromatic amines is 1. The maximum Gasteiger partial charge on any atom is 0.272 e. The molecule has 2 aromatic rings. The lowest BCUT2D eigenvalue weighted by atomic mass is 10.0. The highest BCUT2D eigenvalue weighted by Gasteiger charge is 2.14. The Morgan fingerprint density at radius 1 is 1.33 bits per heavy atom. The van der Waals surface area contributed by atoms with Gasteiger partial charge in [0, 0.05) is 23.6 Å². The molecule has 6 heteroatoms. The van der Waals surface area contributed by atoms with E-state index < -0.39 is 4.92 Å². The Balaban J connectivity index is 2.43. The third-order valence-corrected chi connectivity index (χ3v) is 2.58. The van der Waals surface area contributed by atoms with Crippen molar-refractivity contribution in [3.63, 3.8) is 0 Å². The fourth-order valence-electron chi connectivity index (χ4n) is 1.74. The zero-order chi connectivity index (χ0) is 13.1.